The summed E-state index contributed by atoms with van der Waals surface area (Å²) in [6, 6.07) is 7.32. The van der Waals surface area contributed by atoms with Crippen molar-refractivity contribution in [1.29, 1.82) is 5.26 Å². The number of ether oxygens (including phenoxy) is 1. The lowest BCUT2D eigenvalue weighted by Gasteiger charge is -2.09. The van der Waals surface area contributed by atoms with Gasteiger partial charge in [-0.3, -0.25) is 0 Å². The van der Waals surface area contributed by atoms with Crippen molar-refractivity contribution >= 4 is 11.4 Å². The van der Waals surface area contributed by atoms with E-state index >= 15 is 0 Å². The van der Waals surface area contributed by atoms with Gasteiger partial charge >= 0.3 is 0 Å². The van der Waals surface area contributed by atoms with E-state index in [0.717, 1.165) is 38.3 Å². The second-order valence-electron chi connectivity index (χ2n) is 3.81. The third-order valence-electron chi connectivity index (χ3n) is 2.31. The van der Waals surface area contributed by atoms with Crippen LogP contribution in [0, 0.1) is 11.3 Å². The molecule has 0 heterocycles. The molecule has 0 spiro atoms. The van der Waals surface area contributed by atoms with Crippen molar-refractivity contribution in [3.63, 3.8) is 0 Å². The van der Waals surface area contributed by atoms with Crippen molar-refractivity contribution in [3.05, 3.63) is 23.8 Å². The van der Waals surface area contributed by atoms with Crippen molar-refractivity contribution in [2.24, 2.45) is 0 Å². The highest BCUT2D eigenvalue weighted by Crippen LogP contribution is 2.19. The van der Waals surface area contributed by atoms with E-state index in [1.54, 1.807) is 12.1 Å². The summed E-state index contributed by atoms with van der Waals surface area (Å²) in [6.45, 7) is 4.49. The summed E-state index contributed by atoms with van der Waals surface area (Å²) in [5.41, 5.74) is 7.88. The minimum atomic E-state index is 0.583. The molecule has 0 aromatic heterocycles. The maximum absolute atomic E-state index is 8.71. The highest BCUT2D eigenvalue weighted by molar-refractivity contribution is 5.68. The van der Waals surface area contributed by atoms with Crippen LogP contribution in [0.2, 0.25) is 0 Å². The monoisotopic (exact) mass is 233 g/mol. The molecule has 0 aliphatic carbocycles. The van der Waals surface area contributed by atoms with Crippen LogP contribution >= 0.6 is 0 Å². The van der Waals surface area contributed by atoms with E-state index in [2.05, 4.69) is 18.3 Å². The summed E-state index contributed by atoms with van der Waals surface area (Å²) in [7, 11) is 0. The predicted octanol–water partition coefficient (Wildman–Crippen LogP) is 2.37. The average Bonchev–Trinajstić information content (AvgIpc) is 2.35. The van der Waals surface area contributed by atoms with E-state index in [1.165, 1.54) is 0 Å². The smallest absolute Gasteiger partial charge is 0.0992 e. The first-order valence-electron chi connectivity index (χ1n) is 5.89. The number of nitrogens with one attached hydrogen (secondary N) is 1. The second kappa shape index (κ2) is 7.53. The van der Waals surface area contributed by atoms with Crippen LogP contribution in [0.5, 0.6) is 0 Å². The zero-order valence-electron chi connectivity index (χ0n) is 10.2. The van der Waals surface area contributed by atoms with Gasteiger partial charge in [-0.05, 0) is 31.0 Å². The zero-order valence-corrected chi connectivity index (χ0v) is 10.2. The van der Waals surface area contributed by atoms with Gasteiger partial charge in [-0.2, -0.15) is 5.26 Å². The number of nitrogens with zero attached hydrogens (tertiary/aromatic N) is 1. The van der Waals surface area contributed by atoms with E-state index in [-0.39, 0.29) is 0 Å². The van der Waals surface area contributed by atoms with Gasteiger partial charge in [0.25, 0.3) is 0 Å². The van der Waals surface area contributed by atoms with Crippen LogP contribution in [0.25, 0.3) is 0 Å². The summed E-state index contributed by atoms with van der Waals surface area (Å²) in [6.07, 6.45) is 2.00. The van der Waals surface area contributed by atoms with E-state index < -0.39 is 0 Å². The van der Waals surface area contributed by atoms with Crippen molar-refractivity contribution in [1.82, 2.24) is 0 Å². The van der Waals surface area contributed by atoms with Gasteiger partial charge in [-0.25, -0.2) is 0 Å². The molecule has 1 rings (SSSR count). The lowest BCUT2D eigenvalue weighted by atomic mass is 10.2. The molecule has 4 heteroatoms. The Kier molecular flexibility index (Phi) is 5.91. The molecule has 0 unspecified atom stereocenters. The van der Waals surface area contributed by atoms with Crippen LogP contribution in [0.3, 0.4) is 0 Å². The van der Waals surface area contributed by atoms with Gasteiger partial charge in [0, 0.05) is 19.8 Å². The Morgan fingerprint density at radius 1 is 1.41 bits per heavy atom. The van der Waals surface area contributed by atoms with Crippen LogP contribution in [-0.4, -0.2) is 19.8 Å². The molecule has 92 valence electrons. The van der Waals surface area contributed by atoms with Crippen LogP contribution in [0.1, 0.15) is 25.3 Å². The topological polar surface area (TPSA) is 71.1 Å². The molecule has 0 radical (unpaired) electrons. The maximum Gasteiger partial charge on any atom is 0.0992 e. The molecule has 17 heavy (non-hydrogen) atoms. The van der Waals surface area contributed by atoms with E-state index in [9.17, 15) is 0 Å². The van der Waals surface area contributed by atoms with Gasteiger partial charge in [0.05, 0.1) is 23.0 Å². The number of nitriles is 1. The molecular weight excluding hydrogens is 214 g/mol. The Balaban J connectivity index is 2.30. The molecule has 0 fully saturated rings. The lowest BCUT2D eigenvalue weighted by molar-refractivity contribution is 0.134. The van der Waals surface area contributed by atoms with E-state index in [1.807, 2.05) is 6.07 Å². The molecular formula is C13H19N3O. The second-order valence-corrected chi connectivity index (χ2v) is 3.81. The quantitative estimate of drug-likeness (QED) is 0.560. The normalized spacial score (nSPS) is 9.88. The molecule has 1 aromatic carbocycles. The molecule has 0 aliphatic heterocycles. The Labute approximate surface area is 102 Å². The Morgan fingerprint density at radius 3 is 2.88 bits per heavy atom. The highest BCUT2D eigenvalue weighted by Gasteiger charge is 1.99. The maximum atomic E-state index is 8.71. The third-order valence-corrected chi connectivity index (χ3v) is 2.31. The standard InChI is InChI=1S/C13H19N3O/c1-2-7-17-8-3-6-16-13-5-4-11(10-14)9-12(13)15/h4-5,9,16H,2-3,6-8,15H2,1H3. The van der Waals surface area contributed by atoms with Crippen LogP contribution in [0.15, 0.2) is 18.2 Å². The van der Waals surface area contributed by atoms with Gasteiger partial charge in [0.15, 0.2) is 0 Å². The molecule has 4 nitrogen and oxygen atoms in total. The van der Waals surface area contributed by atoms with Crippen molar-refractivity contribution in [2.45, 2.75) is 19.8 Å². The summed E-state index contributed by atoms with van der Waals surface area (Å²) in [5, 5.41) is 11.9. The molecule has 0 atom stereocenters. The molecule has 0 bridgehead atoms. The molecule has 1 aromatic rings. The number of nitrogens with two attached hydrogens (primary N) is 1. The first-order valence-corrected chi connectivity index (χ1v) is 5.89. The fourth-order valence-electron chi connectivity index (χ4n) is 1.44. The van der Waals surface area contributed by atoms with Crippen LogP contribution in [-0.2, 0) is 4.74 Å². The minimum Gasteiger partial charge on any atom is -0.397 e. The average molecular weight is 233 g/mol. The van der Waals surface area contributed by atoms with Crippen LogP contribution < -0.4 is 11.1 Å². The van der Waals surface area contributed by atoms with E-state index in [4.69, 9.17) is 15.7 Å². The largest absolute Gasteiger partial charge is 0.397 e. The van der Waals surface area contributed by atoms with Gasteiger partial charge in [-0.15, -0.1) is 0 Å². The number of rotatable bonds is 7. The number of hydrogen-bond donors (Lipinski definition) is 2. The molecule has 0 saturated carbocycles. The Morgan fingerprint density at radius 2 is 2.24 bits per heavy atom. The molecule has 0 amide bonds. The molecule has 3 N–H and O–H groups in total. The molecule has 0 aliphatic rings. The van der Waals surface area contributed by atoms with Crippen molar-refractivity contribution in [3.8, 4) is 6.07 Å². The summed E-state index contributed by atoms with van der Waals surface area (Å²) in [4.78, 5) is 0. The fourth-order valence-corrected chi connectivity index (χ4v) is 1.44. The minimum absolute atomic E-state index is 0.583. The van der Waals surface area contributed by atoms with Gasteiger partial charge in [-0.1, -0.05) is 6.92 Å². The zero-order chi connectivity index (χ0) is 12.5. The number of hydrogen-bond acceptors (Lipinski definition) is 4. The third kappa shape index (κ3) is 4.75. The van der Waals surface area contributed by atoms with Crippen LogP contribution in [0.4, 0.5) is 11.4 Å². The van der Waals surface area contributed by atoms with Gasteiger partial charge in [0.1, 0.15) is 0 Å². The number of anilines is 2. The predicted molar refractivity (Wildman–Crippen MR) is 69.8 cm³/mol. The number of nitrogen functional groups attached to an aromatic ring is 1. The number of benzene rings is 1. The van der Waals surface area contributed by atoms with Gasteiger partial charge in [0.2, 0.25) is 0 Å². The van der Waals surface area contributed by atoms with E-state index in [0.29, 0.717) is 11.3 Å². The summed E-state index contributed by atoms with van der Waals surface area (Å²) in [5.74, 6) is 0. The summed E-state index contributed by atoms with van der Waals surface area (Å²) < 4.78 is 5.37. The summed E-state index contributed by atoms with van der Waals surface area (Å²) >= 11 is 0. The first kappa shape index (κ1) is 13.3. The van der Waals surface area contributed by atoms with Gasteiger partial charge < -0.3 is 15.8 Å². The Bertz CT molecular complexity index is 385. The SMILES string of the molecule is CCCOCCCNc1ccc(C#N)cc1N. The fraction of sp³-hybridized carbons (Fsp3) is 0.462. The molecule has 0 saturated heterocycles. The van der Waals surface area contributed by atoms with Crippen molar-refractivity contribution in [2.75, 3.05) is 30.8 Å². The highest BCUT2D eigenvalue weighted by atomic mass is 16.5. The lowest BCUT2D eigenvalue weighted by Crippen LogP contribution is -2.07. The Hall–Kier alpha value is -1.73. The van der Waals surface area contributed by atoms with Crippen molar-refractivity contribution < 1.29 is 4.74 Å². The first-order chi connectivity index (χ1) is 8.27.